The van der Waals surface area contributed by atoms with Crippen molar-refractivity contribution < 1.29 is 8.42 Å². The Morgan fingerprint density at radius 1 is 1.45 bits per heavy atom. The Kier molecular flexibility index (Phi) is 4.80. The lowest BCUT2D eigenvalue weighted by molar-refractivity contribution is 0.562. The van der Waals surface area contributed by atoms with E-state index in [1.807, 2.05) is 22.9 Å². The molecule has 1 aromatic heterocycles. The van der Waals surface area contributed by atoms with Gasteiger partial charge in [0.05, 0.1) is 22.5 Å². The summed E-state index contributed by atoms with van der Waals surface area (Å²) < 4.78 is 27.2. The fourth-order valence-corrected chi connectivity index (χ4v) is 3.02. The molecule has 0 saturated carbocycles. The zero-order valence-electron chi connectivity index (χ0n) is 10.9. The highest BCUT2D eigenvalue weighted by Gasteiger charge is 2.07. The Labute approximate surface area is 123 Å². The zero-order chi connectivity index (χ0) is 14.6. The molecule has 0 spiro atoms. The van der Waals surface area contributed by atoms with E-state index in [1.165, 1.54) is 6.08 Å². The van der Waals surface area contributed by atoms with Crippen molar-refractivity contribution in [1.82, 2.24) is 14.5 Å². The van der Waals surface area contributed by atoms with Crippen LogP contribution in [0.1, 0.15) is 6.42 Å². The second-order valence-corrected chi connectivity index (χ2v) is 6.62. The lowest BCUT2D eigenvalue weighted by atomic mass is 10.2. The monoisotopic (exact) mass is 313 g/mol. The molecule has 108 valence electrons. The fourth-order valence-electron chi connectivity index (χ4n) is 1.92. The summed E-state index contributed by atoms with van der Waals surface area (Å²) in [6.07, 6.45) is 3.74. The first-order valence-electron chi connectivity index (χ1n) is 6.22. The third-order valence-corrected chi connectivity index (χ3v) is 4.49. The number of aryl methyl sites for hydroxylation is 1. The standard InChI is InChI=1S/C13H16ClN3O2S/c1-2-9-20(18,19)16-7-4-8-17-13-6-3-5-12(14)11(13)10-15-17/h2-3,5-6,10,16H,1,4,7-9H2. The molecule has 1 heterocycles. The normalized spacial score (nSPS) is 11.8. The molecule has 0 bridgehead atoms. The van der Waals surface area contributed by atoms with Crippen molar-refractivity contribution >= 4 is 32.5 Å². The molecule has 0 aliphatic heterocycles. The molecule has 0 fully saturated rings. The molecule has 0 atom stereocenters. The van der Waals surface area contributed by atoms with Gasteiger partial charge in [0.25, 0.3) is 0 Å². The third-order valence-electron chi connectivity index (χ3n) is 2.84. The van der Waals surface area contributed by atoms with Crippen LogP contribution in [0.15, 0.2) is 37.1 Å². The topological polar surface area (TPSA) is 64.0 Å². The van der Waals surface area contributed by atoms with Crippen molar-refractivity contribution in [2.24, 2.45) is 0 Å². The Bertz CT molecular complexity index is 709. The molecule has 0 aliphatic rings. The largest absolute Gasteiger partial charge is 0.265 e. The Morgan fingerprint density at radius 3 is 3.00 bits per heavy atom. The van der Waals surface area contributed by atoms with E-state index in [2.05, 4.69) is 16.4 Å². The predicted molar refractivity (Wildman–Crippen MR) is 81.3 cm³/mol. The van der Waals surface area contributed by atoms with Gasteiger partial charge in [-0.05, 0) is 18.6 Å². The molecule has 7 heteroatoms. The van der Waals surface area contributed by atoms with E-state index in [0.717, 1.165) is 10.9 Å². The lowest BCUT2D eigenvalue weighted by Crippen LogP contribution is -2.27. The molecule has 1 N–H and O–H groups in total. The summed E-state index contributed by atoms with van der Waals surface area (Å²) in [6, 6.07) is 5.63. The van der Waals surface area contributed by atoms with E-state index in [0.29, 0.717) is 24.5 Å². The number of hydrogen-bond donors (Lipinski definition) is 1. The first-order chi connectivity index (χ1) is 9.53. The number of hydrogen-bond acceptors (Lipinski definition) is 3. The van der Waals surface area contributed by atoms with E-state index in [9.17, 15) is 8.42 Å². The summed E-state index contributed by atoms with van der Waals surface area (Å²) >= 11 is 6.07. The first-order valence-corrected chi connectivity index (χ1v) is 8.25. The zero-order valence-corrected chi connectivity index (χ0v) is 12.5. The molecule has 2 rings (SSSR count). The van der Waals surface area contributed by atoms with Crippen molar-refractivity contribution in [3.05, 3.63) is 42.1 Å². The molecule has 0 radical (unpaired) electrons. The molecule has 0 aliphatic carbocycles. The first kappa shape index (κ1) is 15.0. The Hall–Kier alpha value is -1.37. The molecule has 1 aromatic carbocycles. The van der Waals surface area contributed by atoms with Crippen LogP contribution >= 0.6 is 11.6 Å². The smallest absolute Gasteiger partial charge is 0.215 e. The van der Waals surface area contributed by atoms with Crippen molar-refractivity contribution in [3.8, 4) is 0 Å². The Balaban J connectivity index is 1.94. The van der Waals surface area contributed by atoms with Gasteiger partial charge in [-0.1, -0.05) is 23.7 Å². The van der Waals surface area contributed by atoms with Crippen molar-refractivity contribution in [2.75, 3.05) is 12.3 Å². The average molecular weight is 314 g/mol. The third kappa shape index (κ3) is 3.59. The van der Waals surface area contributed by atoms with Crippen molar-refractivity contribution in [3.63, 3.8) is 0 Å². The maximum atomic E-state index is 11.4. The molecule has 0 amide bonds. The van der Waals surface area contributed by atoms with Gasteiger partial charge in [-0.25, -0.2) is 13.1 Å². The number of nitrogens with zero attached hydrogens (tertiary/aromatic N) is 2. The van der Waals surface area contributed by atoms with Crippen LogP contribution in [0.2, 0.25) is 5.02 Å². The second-order valence-electron chi connectivity index (χ2n) is 4.36. The van der Waals surface area contributed by atoms with E-state index in [-0.39, 0.29) is 5.75 Å². The van der Waals surface area contributed by atoms with Crippen LogP contribution < -0.4 is 4.72 Å². The maximum absolute atomic E-state index is 11.4. The number of rotatable bonds is 7. The van der Waals surface area contributed by atoms with Crippen LogP contribution in [0.25, 0.3) is 10.9 Å². The highest BCUT2D eigenvalue weighted by atomic mass is 35.5. The van der Waals surface area contributed by atoms with Crippen LogP contribution in [0.3, 0.4) is 0 Å². The van der Waals surface area contributed by atoms with E-state index < -0.39 is 10.0 Å². The predicted octanol–water partition coefficient (Wildman–Crippen LogP) is 2.19. The van der Waals surface area contributed by atoms with Gasteiger partial charge in [-0.2, -0.15) is 5.10 Å². The van der Waals surface area contributed by atoms with Gasteiger partial charge < -0.3 is 0 Å². The number of aromatic nitrogens is 2. The maximum Gasteiger partial charge on any atom is 0.215 e. The number of nitrogens with one attached hydrogen (secondary N) is 1. The molecular formula is C13H16ClN3O2S. The van der Waals surface area contributed by atoms with Crippen LogP contribution in [-0.2, 0) is 16.6 Å². The van der Waals surface area contributed by atoms with Crippen LogP contribution in [0.5, 0.6) is 0 Å². The minimum Gasteiger partial charge on any atom is -0.265 e. The highest BCUT2D eigenvalue weighted by Crippen LogP contribution is 2.22. The van der Waals surface area contributed by atoms with Crippen molar-refractivity contribution in [2.45, 2.75) is 13.0 Å². The molecule has 5 nitrogen and oxygen atoms in total. The summed E-state index contributed by atoms with van der Waals surface area (Å²) in [7, 11) is -3.24. The second kappa shape index (κ2) is 6.39. The van der Waals surface area contributed by atoms with Gasteiger partial charge >= 0.3 is 0 Å². The van der Waals surface area contributed by atoms with Gasteiger partial charge in [0.15, 0.2) is 0 Å². The van der Waals surface area contributed by atoms with Gasteiger partial charge in [0.1, 0.15) is 0 Å². The van der Waals surface area contributed by atoms with Gasteiger partial charge in [-0.3, -0.25) is 4.68 Å². The Morgan fingerprint density at radius 2 is 2.25 bits per heavy atom. The molecular weight excluding hydrogens is 298 g/mol. The summed E-state index contributed by atoms with van der Waals surface area (Å²) in [5, 5.41) is 5.84. The minimum atomic E-state index is -3.24. The van der Waals surface area contributed by atoms with Crippen LogP contribution in [0, 0.1) is 0 Å². The fraction of sp³-hybridized carbons (Fsp3) is 0.308. The number of halogens is 1. The van der Waals surface area contributed by atoms with E-state index >= 15 is 0 Å². The van der Waals surface area contributed by atoms with Gasteiger partial charge in [-0.15, -0.1) is 6.58 Å². The summed E-state index contributed by atoms with van der Waals surface area (Å²) in [5.41, 5.74) is 0.950. The average Bonchev–Trinajstić information content (AvgIpc) is 2.79. The van der Waals surface area contributed by atoms with Gasteiger partial charge in [0.2, 0.25) is 10.0 Å². The molecule has 20 heavy (non-hydrogen) atoms. The number of sulfonamides is 1. The van der Waals surface area contributed by atoms with E-state index in [1.54, 1.807) is 6.20 Å². The number of fused-ring (bicyclic) bond motifs is 1. The summed E-state index contributed by atoms with van der Waals surface area (Å²) in [6.45, 7) is 4.41. The number of benzene rings is 1. The molecule has 2 aromatic rings. The van der Waals surface area contributed by atoms with Gasteiger partial charge in [0, 0.05) is 18.5 Å². The minimum absolute atomic E-state index is 0.0622. The summed E-state index contributed by atoms with van der Waals surface area (Å²) in [5.74, 6) is -0.0622. The van der Waals surface area contributed by atoms with E-state index in [4.69, 9.17) is 11.6 Å². The highest BCUT2D eigenvalue weighted by molar-refractivity contribution is 7.89. The van der Waals surface area contributed by atoms with Crippen molar-refractivity contribution in [1.29, 1.82) is 0 Å². The quantitative estimate of drug-likeness (QED) is 0.629. The van der Waals surface area contributed by atoms with Crippen LogP contribution in [-0.4, -0.2) is 30.5 Å². The molecule has 0 unspecified atom stereocenters. The molecule has 0 saturated heterocycles. The lowest BCUT2D eigenvalue weighted by Gasteiger charge is -2.06. The SMILES string of the molecule is C=CCS(=O)(=O)NCCCn1ncc2c(Cl)cccc21. The van der Waals surface area contributed by atoms with Crippen LogP contribution in [0.4, 0.5) is 0 Å². The summed E-state index contributed by atoms with van der Waals surface area (Å²) in [4.78, 5) is 0.